The van der Waals surface area contributed by atoms with Gasteiger partial charge in [-0.3, -0.25) is 0 Å². The molecule has 24 heavy (non-hydrogen) atoms. The summed E-state index contributed by atoms with van der Waals surface area (Å²) in [6, 6.07) is 14.0. The Morgan fingerprint density at radius 1 is 1.25 bits per heavy atom. The predicted octanol–water partition coefficient (Wildman–Crippen LogP) is 4.71. The number of furan rings is 1. The highest BCUT2D eigenvalue weighted by atomic mass is 35.5. The van der Waals surface area contributed by atoms with E-state index in [4.69, 9.17) is 25.5 Å². The van der Waals surface area contributed by atoms with E-state index in [2.05, 4.69) is 11.4 Å². The summed E-state index contributed by atoms with van der Waals surface area (Å²) in [5.74, 6) is 2.42. The number of benzene rings is 2. The Hall–Kier alpha value is -2.17. The molecule has 1 aliphatic heterocycles. The fourth-order valence-corrected chi connectivity index (χ4v) is 3.40. The third kappa shape index (κ3) is 2.72. The van der Waals surface area contributed by atoms with Crippen molar-refractivity contribution in [1.82, 2.24) is 5.32 Å². The van der Waals surface area contributed by atoms with Crippen LogP contribution in [0.1, 0.15) is 23.8 Å². The van der Waals surface area contributed by atoms with E-state index >= 15 is 0 Å². The number of para-hydroxylation sites is 2. The summed E-state index contributed by atoms with van der Waals surface area (Å²) >= 11 is 6.23. The van der Waals surface area contributed by atoms with Gasteiger partial charge in [0.05, 0.1) is 25.3 Å². The van der Waals surface area contributed by atoms with Gasteiger partial charge in [0.2, 0.25) is 0 Å². The van der Waals surface area contributed by atoms with Crippen LogP contribution in [0.5, 0.6) is 11.5 Å². The Balaban J connectivity index is 1.55. The summed E-state index contributed by atoms with van der Waals surface area (Å²) < 4.78 is 17.0. The number of fused-ring (bicyclic) bond motifs is 2. The van der Waals surface area contributed by atoms with Gasteiger partial charge in [-0.2, -0.15) is 0 Å². The van der Waals surface area contributed by atoms with Crippen molar-refractivity contribution >= 4 is 22.6 Å². The molecule has 0 radical (unpaired) electrons. The molecule has 0 aliphatic carbocycles. The lowest BCUT2D eigenvalue weighted by Crippen LogP contribution is -2.26. The molecule has 0 saturated heterocycles. The van der Waals surface area contributed by atoms with Crippen LogP contribution >= 0.6 is 11.6 Å². The second-order valence-corrected chi connectivity index (χ2v) is 6.23. The lowest BCUT2D eigenvalue weighted by Gasteiger charge is -2.27. The van der Waals surface area contributed by atoms with Crippen LogP contribution in [0.3, 0.4) is 0 Å². The van der Waals surface area contributed by atoms with E-state index in [0.717, 1.165) is 40.2 Å². The van der Waals surface area contributed by atoms with Crippen LogP contribution in [-0.4, -0.2) is 13.7 Å². The molecule has 2 aromatic carbocycles. The van der Waals surface area contributed by atoms with E-state index < -0.39 is 0 Å². The summed E-state index contributed by atoms with van der Waals surface area (Å²) in [5, 5.41) is 5.25. The maximum Gasteiger partial charge on any atom is 0.176 e. The van der Waals surface area contributed by atoms with Crippen molar-refractivity contribution in [1.29, 1.82) is 0 Å². The summed E-state index contributed by atoms with van der Waals surface area (Å²) in [7, 11) is 1.65. The maximum absolute atomic E-state index is 6.23. The molecule has 0 unspecified atom stereocenters. The third-order valence-corrected chi connectivity index (χ3v) is 4.63. The monoisotopic (exact) mass is 343 g/mol. The van der Waals surface area contributed by atoms with Gasteiger partial charge in [0.15, 0.2) is 11.3 Å². The zero-order chi connectivity index (χ0) is 16.5. The van der Waals surface area contributed by atoms with Gasteiger partial charge in [0.1, 0.15) is 11.5 Å². The maximum atomic E-state index is 6.23. The quantitative estimate of drug-likeness (QED) is 0.745. The normalized spacial score (nSPS) is 16.7. The van der Waals surface area contributed by atoms with Crippen molar-refractivity contribution < 1.29 is 13.9 Å². The predicted molar refractivity (Wildman–Crippen MR) is 93.9 cm³/mol. The minimum absolute atomic E-state index is 0.197. The molecular weight excluding hydrogens is 326 g/mol. The third-order valence-electron chi connectivity index (χ3n) is 4.33. The molecule has 4 rings (SSSR count). The fourth-order valence-electron chi connectivity index (χ4n) is 3.16. The summed E-state index contributed by atoms with van der Waals surface area (Å²) in [4.78, 5) is 0. The summed E-state index contributed by atoms with van der Waals surface area (Å²) in [5.41, 5.74) is 1.88. The smallest absolute Gasteiger partial charge is 0.176 e. The highest BCUT2D eigenvalue weighted by Crippen LogP contribution is 2.37. The molecular formula is C19H18ClNO3. The standard InChI is InChI=1S/C19H18ClNO3/c1-22-17-7-2-4-12-10-13(24-18(12)17)11-21-16-8-9-23-19-14(16)5-3-6-15(19)20/h2-7,10,16,21H,8-9,11H2,1H3/t16-/m1/s1. The van der Waals surface area contributed by atoms with Crippen molar-refractivity contribution in [3.8, 4) is 11.5 Å². The Morgan fingerprint density at radius 3 is 3.00 bits per heavy atom. The van der Waals surface area contributed by atoms with Gasteiger partial charge in [0, 0.05) is 23.4 Å². The molecule has 5 heteroatoms. The van der Waals surface area contributed by atoms with E-state index in [9.17, 15) is 0 Å². The number of ether oxygens (including phenoxy) is 2. The van der Waals surface area contributed by atoms with Crippen molar-refractivity contribution in [2.45, 2.75) is 19.0 Å². The molecule has 2 heterocycles. The number of hydrogen-bond acceptors (Lipinski definition) is 4. The van der Waals surface area contributed by atoms with Crippen LogP contribution in [-0.2, 0) is 6.54 Å². The van der Waals surface area contributed by atoms with Crippen LogP contribution in [0.2, 0.25) is 5.02 Å². The Labute approximate surface area is 145 Å². The molecule has 1 atom stereocenters. The van der Waals surface area contributed by atoms with Gasteiger partial charge in [-0.1, -0.05) is 35.9 Å². The van der Waals surface area contributed by atoms with Crippen molar-refractivity contribution in [2.75, 3.05) is 13.7 Å². The van der Waals surface area contributed by atoms with Crippen LogP contribution in [0, 0.1) is 0 Å². The van der Waals surface area contributed by atoms with Gasteiger partial charge in [0.25, 0.3) is 0 Å². The molecule has 1 aliphatic rings. The molecule has 0 amide bonds. The number of methoxy groups -OCH3 is 1. The van der Waals surface area contributed by atoms with Crippen molar-refractivity contribution in [3.63, 3.8) is 0 Å². The number of rotatable bonds is 4. The lowest BCUT2D eigenvalue weighted by atomic mass is 10.0. The molecule has 1 N–H and O–H groups in total. The fraction of sp³-hybridized carbons (Fsp3) is 0.263. The molecule has 1 aromatic heterocycles. The topological polar surface area (TPSA) is 43.6 Å². The highest BCUT2D eigenvalue weighted by molar-refractivity contribution is 6.32. The molecule has 0 bridgehead atoms. The second-order valence-electron chi connectivity index (χ2n) is 5.82. The van der Waals surface area contributed by atoms with E-state index in [0.29, 0.717) is 18.2 Å². The van der Waals surface area contributed by atoms with Crippen LogP contribution < -0.4 is 14.8 Å². The van der Waals surface area contributed by atoms with Crippen LogP contribution in [0.4, 0.5) is 0 Å². The number of hydrogen-bond donors (Lipinski definition) is 1. The van der Waals surface area contributed by atoms with Gasteiger partial charge in [-0.25, -0.2) is 0 Å². The van der Waals surface area contributed by atoms with Crippen LogP contribution in [0.25, 0.3) is 11.0 Å². The number of nitrogens with one attached hydrogen (secondary N) is 1. The first-order chi connectivity index (χ1) is 11.8. The molecule has 124 valence electrons. The molecule has 0 spiro atoms. The first kappa shape index (κ1) is 15.4. The molecule has 3 aromatic rings. The number of halogens is 1. The SMILES string of the molecule is COc1cccc2cc(CN[C@@H]3CCOc4c(Cl)cccc43)oc12. The largest absolute Gasteiger partial charge is 0.493 e. The minimum atomic E-state index is 0.197. The van der Waals surface area contributed by atoms with E-state index in [1.807, 2.05) is 36.4 Å². The van der Waals surface area contributed by atoms with E-state index in [1.165, 1.54) is 0 Å². The van der Waals surface area contributed by atoms with Gasteiger partial charge < -0.3 is 19.2 Å². The van der Waals surface area contributed by atoms with Gasteiger partial charge in [-0.05, 0) is 18.2 Å². The lowest BCUT2D eigenvalue weighted by molar-refractivity contribution is 0.250. The zero-order valence-corrected chi connectivity index (χ0v) is 14.1. The van der Waals surface area contributed by atoms with Crippen LogP contribution in [0.15, 0.2) is 46.9 Å². The van der Waals surface area contributed by atoms with Gasteiger partial charge >= 0.3 is 0 Å². The van der Waals surface area contributed by atoms with Crippen molar-refractivity contribution in [2.24, 2.45) is 0 Å². The Bertz CT molecular complexity index is 874. The average molecular weight is 344 g/mol. The summed E-state index contributed by atoms with van der Waals surface area (Å²) in [6.07, 6.45) is 0.900. The molecule has 4 nitrogen and oxygen atoms in total. The first-order valence-corrected chi connectivity index (χ1v) is 8.34. The molecule has 0 fully saturated rings. The summed E-state index contributed by atoms with van der Waals surface area (Å²) in [6.45, 7) is 1.29. The minimum Gasteiger partial charge on any atom is -0.493 e. The van der Waals surface area contributed by atoms with Gasteiger partial charge in [-0.15, -0.1) is 0 Å². The zero-order valence-electron chi connectivity index (χ0n) is 13.3. The first-order valence-electron chi connectivity index (χ1n) is 7.96. The Kier molecular flexibility index (Phi) is 4.08. The highest BCUT2D eigenvalue weighted by Gasteiger charge is 2.23. The average Bonchev–Trinajstić information content (AvgIpc) is 3.03. The van der Waals surface area contributed by atoms with E-state index in [1.54, 1.807) is 7.11 Å². The molecule has 0 saturated carbocycles. The second kappa shape index (κ2) is 6.38. The Morgan fingerprint density at radius 2 is 2.12 bits per heavy atom. The van der Waals surface area contributed by atoms with Crippen molar-refractivity contribution in [3.05, 3.63) is 58.8 Å². The van der Waals surface area contributed by atoms with E-state index in [-0.39, 0.29) is 6.04 Å².